The van der Waals surface area contributed by atoms with Gasteiger partial charge in [-0.05, 0) is 30.0 Å². The lowest BCUT2D eigenvalue weighted by molar-refractivity contribution is 0.0586. The van der Waals surface area contributed by atoms with Crippen LogP contribution in [0.1, 0.15) is 28.2 Å². The number of thiazole rings is 1. The van der Waals surface area contributed by atoms with Crippen LogP contribution in [0.3, 0.4) is 0 Å². The van der Waals surface area contributed by atoms with Crippen LogP contribution in [0.15, 0.2) is 48.0 Å². The number of nitrogens with zero attached hydrogens (tertiary/aromatic N) is 3. The number of piperazine rings is 1. The minimum atomic E-state index is 0.0837. The average molecular weight is 418 g/mol. The molecule has 1 aliphatic rings. The maximum Gasteiger partial charge on any atom is 0.265 e. The van der Waals surface area contributed by atoms with E-state index in [4.69, 9.17) is 11.6 Å². The molecule has 1 atom stereocenters. The zero-order chi connectivity index (χ0) is 18.8. The van der Waals surface area contributed by atoms with Crippen molar-refractivity contribution in [3.05, 3.63) is 63.4 Å². The average Bonchev–Trinajstić information content (AvgIpc) is 3.39. The van der Waals surface area contributed by atoms with Crippen molar-refractivity contribution in [1.29, 1.82) is 0 Å². The third kappa shape index (κ3) is 3.94. The molecule has 0 spiro atoms. The second-order valence-electron chi connectivity index (χ2n) is 6.53. The van der Waals surface area contributed by atoms with Crippen molar-refractivity contribution in [2.75, 3.05) is 26.2 Å². The van der Waals surface area contributed by atoms with Crippen LogP contribution in [-0.4, -0.2) is 46.9 Å². The van der Waals surface area contributed by atoms with Gasteiger partial charge in [0.15, 0.2) is 0 Å². The Labute approximate surface area is 172 Å². The number of thiophene rings is 1. The van der Waals surface area contributed by atoms with E-state index in [0.29, 0.717) is 4.88 Å². The Hall–Kier alpha value is -1.73. The van der Waals surface area contributed by atoms with Crippen molar-refractivity contribution in [1.82, 2.24) is 14.8 Å². The summed E-state index contributed by atoms with van der Waals surface area (Å²) in [6.07, 6.45) is 1.71. The number of aromatic nitrogens is 1. The Morgan fingerprint density at radius 1 is 1.15 bits per heavy atom. The highest BCUT2D eigenvalue weighted by Crippen LogP contribution is 2.31. The van der Waals surface area contributed by atoms with Crippen LogP contribution < -0.4 is 0 Å². The van der Waals surface area contributed by atoms with E-state index in [0.717, 1.165) is 46.6 Å². The van der Waals surface area contributed by atoms with Crippen LogP contribution in [0.2, 0.25) is 5.02 Å². The van der Waals surface area contributed by atoms with Gasteiger partial charge in [-0.1, -0.05) is 35.9 Å². The smallest absolute Gasteiger partial charge is 0.265 e. The highest BCUT2D eigenvalue weighted by Gasteiger charge is 2.27. The van der Waals surface area contributed by atoms with E-state index >= 15 is 0 Å². The van der Waals surface area contributed by atoms with E-state index < -0.39 is 0 Å². The van der Waals surface area contributed by atoms with Gasteiger partial charge in [0.1, 0.15) is 9.88 Å². The van der Waals surface area contributed by atoms with Gasteiger partial charge in [0, 0.05) is 37.2 Å². The van der Waals surface area contributed by atoms with Crippen molar-refractivity contribution in [2.24, 2.45) is 0 Å². The summed E-state index contributed by atoms with van der Waals surface area (Å²) in [5, 5.41) is 3.74. The van der Waals surface area contributed by atoms with E-state index in [2.05, 4.69) is 22.9 Å². The molecule has 0 aliphatic carbocycles. The molecular formula is C20H20ClN3OS2. The molecular weight excluding hydrogens is 398 g/mol. The molecule has 7 heteroatoms. The third-order valence-corrected chi connectivity index (χ3v) is 7.32. The SMILES string of the molecule is CC(c1ccccc1Cl)N1CCN(C(=O)c2cnc(-c3cccs3)s2)CC1. The molecule has 0 saturated carbocycles. The van der Waals surface area contributed by atoms with Gasteiger partial charge in [-0.2, -0.15) is 0 Å². The highest BCUT2D eigenvalue weighted by molar-refractivity contribution is 7.21. The lowest BCUT2D eigenvalue weighted by atomic mass is 10.1. The lowest BCUT2D eigenvalue weighted by Gasteiger charge is -2.38. The summed E-state index contributed by atoms with van der Waals surface area (Å²) in [7, 11) is 0. The first kappa shape index (κ1) is 18.6. The molecule has 0 radical (unpaired) electrons. The van der Waals surface area contributed by atoms with Gasteiger partial charge in [0.2, 0.25) is 0 Å². The molecule has 1 aromatic carbocycles. The molecule has 140 valence electrons. The minimum Gasteiger partial charge on any atom is -0.335 e. The van der Waals surface area contributed by atoms with Crippen molar-refractivity contribution < 1.29 is 4.79 Å². The topological polar surface area (TPSA) is 36.4 Å². The van der Waals surface area contributed by atoms with Gasteiger partial charge in [-0.25, -0.2) is 4.98 Å². The monoisotopic (exact) mass is 417 g/mol. The van der Waals surface area contributed by atoms with Gasteiger partial charge in [0.05, 0.1) is 11.1 Å². The van der Waals surface area contributed by atoms with E-state index in [1.54, 1.807) is 17.5 Å². The lowest BCUT2D eigenvalue weighted by Crippen LogP contribution is -2.49. The number of amides is 1. The molecule has 1 amide bonds. The molecule has 3 aromatic rings. The van der Waals surface area contributed by atoms with Gasteiger partial charge in [-0.15, -0.1) is 22.7 Å². The first-order chi connectivity index (χ1) is 13.1. The molecule has 4 rings (SSSR count). The first-order valence-corrected chi connectivity index (χ1v) is 11.0. The second-order valence-corrected chi connectivity index (χ2v) is 8.92. The Morgan fingerprint density at radius 3 is 2.63 bits per heavy atom. The van der Waals surface area contributed by atoms with Crippen LogP contribution in [0, 0.1) is 0 Å². The normalized spacial score (nSPS) is 16.4. The Kier molecular flexibility index (Phi) is 5.59. The predicted octanol–water partition coefficient (Wildman–Crippen LogP) is 5.04. The number of hydrogen-bond donors (Lipinski definition) is 0. The third-order valence-electron chi connectivity index (χ3n) is 4.95. The molecule has 1 unspecified atom stereocenters. The summed E-state index contributed by atoms with van der Waals surface area (Å²) in [5.41, 5.74) is 1.14. The maximum atomic E-state index is 12.8. The minimum absolute atomic E-state index is 0.0837. The van der Waals surface area contributed by atoms with E-state index in [9.17, 15) is 4.79 Å². The summed E-state index contributed by atoms with van der Waals surface area (Å²) in [4.78, 5) is 23.4. The molecule has 1 fully saturated rings. The maximum absolute atomic E-state index is 12.8. The zero-order valence-electron chi connectivity index (χ0n) is 15.0. The number of halogens is 1. The summed E-state index contributed by atoms with van der Waals surface area (Å²) in [6.45, 7) is 5.30. The molecule has 27 heavy (non-hydrogen) atoms. The summed E-state index contributed by atoms with van der Waals surface area (Å²) < 4.78 is 0. The summed E-state index contributed by atoms with van der Waals surface area (Å²) >= 11 is 9.47. The summed E-state index contributed by atoms with van der Waals surface area (Å²) in [6, 6.07) is 12.3. The number of hydrogen-bond acceptors (Lipinski definition) is 5. The van der Waals surface area contributed by atoms with Crippen LogP contribution in [0.5, 0.6) is 0 Å². The number of rotatable bonds is 4. The number of carbonyl (C=O) groups excluding carboxylic acids is 1. The Bertz CT molecular complexity index is 917. The quantitative estimate of drug-likeness (QED) is 0.596. The predicted molar refractivity (Wildman–Crippen MR) is 113 cm³/mol. The van der Waals surface area contributed by atoms with Crippen molar-refractivity contribution >= 4 is 40.2 Å². The van der Waals surface area contributed by atoms with E-state index in [-0.39, 0.29) is 11.9 Å². The highest BCUT2D eigenvalue weighted by atomic mass is 35.5. The fraction of sp³-hybridized carbons (Fsp3) is 0.300. The van der Waals surface area contributed by atoms with E-state index in [1.165, 1.54) is 11.3 Å². The molecule has 3 heterocycles. The van der Waals surface area contributed by atoms with Crippen LogP contribution in [-0.2, 0) is 0 Å². The van der Waals surface area contributed by atoms with Gasteiger partial charge in [0.25, 0.3) is 5.91 Å². The molecule has 1 saturated heterocycles. The fourth-order valence-electron chi connectivity index (χ4n) is 3.37. The Morgan fingerprint density at radius 2 is 1.93 bits per heavy atom. The van der Waals surface area contributed by atoms with Gasteiger partial charge < -0.3 is 4.90 Å². The van der Waals surface area contributed by atoms with Gasteiger partial charge in [-0.3, -0.25) is 9.69 Å². The first-order valence-electron chi connectivity index (χ1n) is 8.91. The van der Waals surface area contributed by atoms with E-state index in [1.807, 2.05) is 40.6 Å². The van der Waals surface area contributed by atoms with Crippen molar-refractivity contribution in [3.63, 3.8) is 0 Å². The van der Waals surface area contributed by atoms with Crippen LogP contribution in [0.4, 0.5) is 0 Å². The standard InChI is InChI=1S/C20H20ClN3OS2/c1-14(15-5-2-3-6-16(15)21)23-8-10-24(11-9-23)20(25)18-13-22-19(27-18)17-7-4-12-26-17/h2-7,12-14H,8-11H2,1H3. The number of carbonyl (C=O) groups is 1. The number of benzene rings is 1. The summed E-state index contributed by atoms with van der Waals surface area (Å²) in [5.74, 6) is 0.0837. The van der Waals surface area contributed by atoms with Crippen molar-refractivity contribution in [2.45, 2.75) is 13.0 Å². The molecule has 0 N–H and O–H groups in total. The van der Waals surface area contributed by atoms with Crippen LogP contribution >= 0.6 is 34.3 Å². The molecule has 2 aromatic heterocycles. The molecule has 4 nitrogen and oxygen atoms in total. The van der Waals surface area contributed by atoms with Gasteiger partial charge >= 0.3 is 0 Å². The molecule has 0 bridgehead atoms. The fourth-order valence-corrected chi connectivity index (χ4v) is 5.35. The molecule has 1 aliphatic heterocycles. The Balaban J connectivity index is 1.39. The van der Waals surface area contributed by atoms with Crippen molar-refractivity contribution in [3.8, 4) is 9.88 Å². The second kappa shape index (κ2) is 8.10. The largest absolute Gasteiger partial charge is 0.335 e. The zero-order valence-corrected chi connectivity index (χ0v) is 17.4. The van der Waals surface area contributed by atoms with Crippen LogP contribution in [0.25, 0.3) is 9.88 Å².